The van der Waals surface area contributed by atoms with Crippen molar-refractivity contribution < 1.29 is 9.90 Å². The fourth-order valence-corrected chi connectivity index (χ4v) is 2.77. The lowest BCUT2D eigenvalue weighted by Gasteiger charge is -2.13. The lowest BCUT2D eigenvalue weighted by atomic mass is 10.1. The number of carbonyl (C=O) groups is 1. The van der Waals surface area contributed by atoms with E-state index in [1.165, 1.54) is 10.9 Å². The number of aliphatic hydroxyl groups is 1. The topological polar surface area (TPSA) is 65.1 Å². The first kappa shape index (κ1) is 16.6. The van der Waals surface area contributed by atoms with E-state index in [0.29, 0.717) is 31.7 Å². The molecule has 0 aliphatic carbocycles. The standard InChI is InChI=1S/C18H26N2O2/c1-12(2)9-15(21)11-19-17(22)8-7-14-10-20-18-13(3)5-4-6-16(14)18/h4-6,10,12,15,20-21H,7-9,11H2,1-3H3,(H,19,22). The second kappa shape index (κ2) is 7.45. The van der Waals surface area contributed by atoms with E-state index in [2.05, 4.69) is 43.2 Å². The van der Waals surface area contributed by atoms with E-state index in [0.717, 1.165) is 11.1 Å². The second-order valence-corrected chi connectivity index (χ2v) is 6.40. The van der Waals surface area contributed by atoms with Crippen molar-refractivity contribution in [3.8, 4) is 0 Å². The number of hydrogen-bond donors (Lipinski definition) is 3. The van der Waals surface area contributed by atoms with Gasteiger partial charge in [-0.25, -0.2) is 0 Å². The SMILES string of the molecule is Cc1cccc2c(CCC(=O)NCC(O)CC(C)C)c[nH]c12. The summed E-state index contributed by atoms with van der Waals surface area (Å²) in [5.41, 5.74) is 3.52. The molecule has 1 amide bonds. The van der Waals surface area contributed by atoms with Crippen LogP contribution >= 0.6 is 0 Å². The quantitative estimate of drug-likeness (QED) is 0.736. The van der Waals surface area contributed by atoms with Gasteiger partial charge < -0.3 is 15.4 Å². The van der Waals surface area contributed by atoms with Gasteiger partial charge in [-0.15, -0.1) is 0 Å². The van der Waals surface area contributed by atoms with Crippen LogP contribution in [0.5, 0.6) is 0 Å². The van der Waals surface area contributed by atoms with Gasteiger partial charge in [0.1, 0.15) is 0 Å². The molecule has 0 fully saturated rings. The van der Waals surface area contributed by atoms with E-state index in [-0.39, 0.29) is 5.91 Å². The highest BCUT2D eigenvalue weighted by Crippen LogP contribution is 2.22. The normalized spacial score (nSPS) is 12.8. The second-order valence-electron chi connectivity index (χ2n) is 6.40. The summed E-state index contributed by atoms with van der Waals surface area (Å²) in [4.78, 5) is 15.2. The van der Waals surface area contributed by atoms with Crippen LogP contribution in [0.1, 0.15) is 37.8 Å². The molecule has 0 aliphatic rings. The van der Waals surface area contributed by atoms with Crippen LogP contribution in [0.25, 0.3) is 10.9 Å². The number of carbonyl (C=O) groups excluding carboxylic acids is 1. The maximum atomic E-state index is 11.9. The summed E-state index contributed by atoms with van der Waals surface area (Å²) >= 11 is 0. The largest absolute Gasteiger partial charge is 0.391 e. The maximum Gasteiger partial charge on any atom is 0.220 e. The van der Waals surface area contributed by atoms with Gasteiger partial charge in [0.2, 0.25) is 5.91 Å². The van der Waals surface area contributed by atoms with Crippen LogP contribution in [0.2, 0.25) is 0 Å². The molecule has 3 N–H and O–H groups in total. The van der Waals surface area contributed by atoms with E-state index >= 15 is 0 Å². The molecule has 0 saturated carbocycles. The van der Waals surface area contributed by atoms with Crippen LogP contribution in [0.4, 0.5) is 0 Å². The number of aromatic nitrogens is 1. The summed E-state index contributed by atoms with van der Waals surface area (Å²) < 4.78 is 0. The highest BCUT2D eigenvalue weighted by atomic mass is 16.3. The molecule has 22 heavy (non-hydrogen) atoms. The van der Waals surface area contributed by atoms with Gasteiger partial charge in [-0.2, -0.15) is 0 Å². The van der Waals surface area contributed by atoms with E-state index in [1.54, 1.807) is 0 Å². The van der Waals surface area contributed by atoms with Crippen LogP contribution < -0.4 is 5.32 Å². The Morgan fingerprint density at radius 2 is 2.14 bits per heavy atom. The summed E-state index contributed by atoms with van der Waals surface area (Å²) in [5, 5.41) is 13.8. The van der Waals surface area contributed by atoms with Crippen molar-refractivity contribution in [2.45, 2.75) is 46.1 Å². The van der Waals surface area contributed by atoms with Crippen molar-refractivity contribution >= 4 is 16.8 Å². The number of hydrogen-bond acceptors (Lipinski definition) is 2. The van der Waals surface area contributed by atoms with Crippen molar-refractivity contribution in [3.63, 3.8) is 0 Å². The summed E-state index contributed by atoms with van der Waals surface area (Å²) in [6.45, 7) is 6.53. The Morgan fingerprint density at radius 1 is 1.36 bits per heavy atom. The first-order valence-electron chi connectivity index (χ1n) is 7.97. The number of aryl methyl sites for hydroxylation is 2. The van der Waals surface area contributed by atoms with Gasteiger partial charge in [0.25, 0.3) is 0 Å². The van der Waals surface area contributed by atoms with Crippen molar-refractivity contribution in [2.24, 2.45) is 5.92 Å². The van der Waals surface area contributed by atoms with Gasteiger partial charge in [0, 0.05) is 30.1 Å². The van der Waals surface area contributed by atoms with E-state index in [4.69, 9.17) is 0 Å². The molecular formula is C18H26N2O2. The molecular weight excluding hydrogens is 276 g/mol. The molecule has 0 bridgehead atoms. The summed E-state index contributed by atoms with van der Waals surface area (Å²) in [7, 11) is 0. The smallest absolute Gasteiger partial charge is 0.220 e. The van der Waals surface area contributed by atoms with Gasteiger partial charge in [-0.05, 0) is 36.8 Å². The molecule has 1 unspecified atom stereocenters. The fourth-order valence-electron chi connectivity index (χ4n) is 2.77. The molecule has 4 nitrogen and oxygen atoms in total. The van der Waals surface area contributed by atoms with Crippen LogP contribution in [0.3, 0.4) is 0 Å². The average molecular weight is 302 g/mol. The minimum absolute atomic E-state index is 0.00944. The third-order valence-electron chi connectivity index (χ3n) is 3.91. The zero-order valence-corrected chi connectivity index (χ0v) is 13.6. The van der Waals surface area contributed by atoms with E-state index < -0.39 is 6.10 Å². The molecule has 2 rings (SSSR count). The minimum Gasteiger partial charge on any atom is -0.391 e. The predicted molar refractivity (Wildman–Crippen MR) is 89.8 cm³/mol. The Morgan fingerprint density at radius 3 is 2.86 bits per heavy atom. The monoisotopic (exact) mass is 302 g/mol. The van der Waals surface area contributed by atoms with Crippen molar-refractivity contribution in [1.29, 1.82) is 0 Å². The zero-order valence-electron chi connectivity index (χ0n) is 13.6. The Balaban J connectivity index is 1.84. The molecule has 2 aromatic rings. The van der Waals surface area contributed by atoms with Crippen molar-refractivity contribution in [2.75, 3.05) is 6.54 Å². The molecule has 1 heterocycles. The first-order chi connectivity index (χ1) is 10.5. The van der Waals surface area contributed by atoms with Gasteiger partial charge in [-0.3, -0.25) is 4.79 Å². The lowest BCUT2D eigenvalue weighted by molar-refractivity contribution is -0.121. The Bertz CT molecular complexity index is 631. The third-order valence-corrected chi connectivity index (χ3v) is 3.91. The molecule has 0 spiro atoms. The minimum atomic E-state index is -0.459. The average Bonchev–Trinajstić information content (AvgIpc) is 2.87. The highest BCUT2D eigenvalue weighted by molar-refractivity contribution is 5.86. The summed E-state index contributed by atoms with van der Waals surface area (Å²) in [5.74, 6) is 0.422. The fraction of sp³-hybridized carbons (Fsp3) is 0.500. The molecule has 120 valence electrons. The first-order valence-corrected chi connectivity index (χ1v) is 7.97. The Hall–Kier alpha value is -1.81. The van der Waals surface area contributed by atoms with Gasteiger partial charge in [-0.1, -0.05) is 32.0 Å². The molecule has 1 atom stereocenters. The van der Waals surface area contributed by atoms with Crippen LogP contribution in [0.15, 0.2) is 24.4 Å². The number of aromatic amines is 1. The lowest BCUT2D eigenvalue weighted by Crippen LogP contribution is -2.32. The number of H-pyrrole nitrogens is 1. The van der Waals surface area contributed by atoms with Gasteiger partial charge in [0.15, 0.2) is 0 Å². The number of benzene rings is 1. The number of amides is 1. The summed E-state index contributed by atoms with van der Waals surface area (Å²) in [6.07, 6.45) is 3.38. The molecule has 0 aliphatic heterocycles. The van der Waals surface area contributed by atoms with Gasteiger partial charge >= 0.3 is 0 Å². The zero-order chi connectivity index (χ0) is 16.1. The van der Waals surface area contributed by atoms with Crippen LogP contribution in [0, 0.1) is 12.8 Å². The Kier molecular flexibility index (Phi) is 5.61. The Labute approximate surface area is 131 Å². The number of rotatable bonds is 7. The highest BCUT2D eigenvalue weighted by Gasteiger charge is 2.10. The number of aliphatic hydroxyl groups excluding tert-OH is 1. The maximum absolute atomic E-state index is 11.9. The van der Waals surface area contributed by atoms with E-state index in [1.807, 2.05) is 12.3 Å². The van der Waals surface area contributed by atoms with Crippen molar-refractivity contribution in [1.82, 2.24) is 10.3 Å². The molecule has 1 aromatic carbocycles. The van der Waals surface area contributed by atoms with E-state index in [9.17, 15) is 9.90 Å². The molecule has 0 saturated heterocycles. The summed E-state index contributed by atoms with van der Waals surface area (Å²) in [6, 6.07) is 6.20. The molecule has 1 aromatic heterocycles. The third kappa shape index (κ3) is 4.34. The number of para-hydroxylation sites is 1. The van der Waals surface area contributed by atoms with Crippen LogP contribution in [-0.2, 0) is 11.2 Å². The van der Waals surface area contributed by atoms with Crippen LogP contribution in [-0.4, -0.2) is 28.6 Å². The molecule has 0 radical (unpaired) electrons. The number of fused-ring (bicyclic) bond motifs is 1. The molecule has 4 heteroatoms. The number of nitrogens with one attached hydrogen (secondary N) is 2. The predicted octanol–water partition coefficient (Wildman–Crippen LogP) is 2.93. The van der Waals surface area contributed by atoms with Gasteiger partial charge in [0.05, 0.1) is 6.10 Å². The van der Waals surface area contributed by atoms with Crippen molar-refractivity contribution in [3.05, 3.63) is 35.5 Å².